The summed E-state index contributed by atoms with van der Waals surface area (Å²) in [5.41, 5.74) is 3.10. The van der Waals surface area contributed by atoms with Crippen molar-refractivity contribution in [1.82, 2.24) is 0 Å². The van der Waals surface area contributed by atoms with Crippen LogP contribution >= 0.6 is 0 Å². The first-order chi connectivity index (χ1) is 16.4. The lowest BCUT2D eigenvalue weighted by atomic mass is 10.1. The number of carbonyl (C=O) groups excluding carboxylic acids is 3. The fraction of sp³-hybridized carbons (Fsp3) is 0.154. The van der Waals surface area contributed by atoms with Crippen molar-refractivity contribution in [3.8, 4) is 11.3 Å². The molecule has 0 fully saturated rings. The lowest BCUT2D eigenvalue weighted by molar-refractivity contribution is -0.114. The van der Waals surface area contributed by atoms with Gasteiger partial charge in [0.05, 0.1) is 41.8 Å². The molecule has 0 spiro atoms. The number of anilines is 1. The van der Waals surface area contributed by atoms with Crippen LogP contribution in [0.4, 0.5) is 5.69 Å². The van der Waals surface area contributed by atoms with Gasteiger partial charge in [0.2, 0.25) is 0 Å². The van der Waals surface area contributed by atoms with E-state index in [1.165, 1.54) is 12.1 Å². The van der Waals surface area contributed by atoms with Crippen LogP contribution in [-0.2, 0) is 14.3 Å². The van der Waals surface area contributed by atoms with E-state index in [1.807, 2.05) is 0 Å². The molecule has 1 aliphatic heterocycles. The van der Waals surface area contributed by atoms with E-state index in [0.29, 0.717) is 46.2 Å². The van der Waals surface area contributed by atoms with Crippen molar-refractivity contribution in [1.29, 1.82) is 0 Å². The van der Waals surface area contributed by atoms with E-state index in [0.717, 1.165) is 5.56 Å². The maximum atomic E-state index is 13.0. The van der Waals surface area contributed by atoms with Gasteiger partial charge in [0.15, 0.2) is 0 Å². The number of amides is 1. The molecule has 3 aromatic rings. The molecule has 1 aliphatic rings. The van der Waals surface area contributed by atoms with Gasteiger partial charge < -0.3 is 13.9 Å². The van der Waals surface area contributed by atoms with Gasteiger partial charge in [-0.05, 0) is 68.5 Å². The van der Waals surface area contributed by atoms with Crippen LogP contribution in [0.3, 0.4) is 0 Å². The van der Waals surface area contributed by atoms with Crippen molar-refractivity contribution < 1.29 is 28.3 Å². The Hall–Kier alpha value is -4.46. The minimum atomic E-state index is -0.455. The summed E-state index contributed by atoms with van der Waals surface area (Å²) in [5.74, 6) is -0.0514. The van der Waals surface area contributed by atoms with E-state index >= 15 is 0 Å². The molecule has 2 aromatic carbocycles. The number of hydrogen-bond donors (Lipinski definition) is 0. The monoisotopic (exact) mass is 458 g/mol. The molecule has 0 radical (unpaired) electrons. The Morgan fingerprint density at radius 2 is 1.62 bits per heavy atom. The summed E-state index contributed by atoms with van der Waals surface area (Å²) < 4.78 is 15.6. The van der Waals surface area contributed by atoms with Gasteiger partial charge in [-0.2, -0.15) is 10.1 Å². The van der Waals surface area contributed by atoms with E-state index in [2.05, 4.69) is 5.10 Å². The summed E-state index contributed by atoms with van der Waals surface area (Å²) in [4.78, 5) is 36.4. The molecular formula is C26H22N2O6. The Labute approximate surface area is 196 Å². The van der Waals surface area contributed by atoms with Crippen molar-refractivity contribution >= 4 is 35.3 Å². The largest absolute Gasteiger partial charge is 0.465 e. The zero-order valence-electron chi connectivity index (χ0n) is 18.9. The van der Waals surface area contributed by atoms with Crippen molar-refractivity contribution in [2.45, 2.75) is 13.8 Å². The Morgan fingerprint density at radius 1 is 0.971 bits per heavy atom. The topological polar surface area (TPSA) is 98.4 Å². The number of nitrogens with zero attached hydrogens (tertiary/aromatic N) is 2. The molecule has 4 rings (SSSR count). The van der Waals surface area contributed by atoms with Gasteiger partial charge in [0.25, 0.3) is 5.91 Å². The van der Waals surface area contributed by atoms with Crippen LogP contribution in [0, 0.1) is 0 Å². The van der Waals surface area contributed by atoms with Crippen LogP contribution in [-0.4, -0.2) is 37.3 Å². The third kappa shape index (κ3) is 4.52. The van der Waals surface area contributed by atoms with Crippen LogP contribution < -0.4 is 5.01 Å². The first kappa shape index (κ1) is 22.7. The Bertz CT molecular complexity index is 1300. The molecule has 1 amide bonds. The number of methoxy groups -OCH3 is 1. The number of carbonyl (C=O) groups is 3. The van der Waals surface area contributed by atoms with E-state index in [4.69, 9.17) is 13.9 Å². The average Bonchev–Trinajstić information content (AvgIpc) is 3.44. The number of benzene rings is 2. The van der Waals surface area contributed by atoms with Crippen LogP contribution in [0.1, 0.15) is 40.3 Å². The summed E-state index contributed by atoms with van der Waals surface area (Å²) in [7, 11) is 1.31. The fourth-order valence-corrected chi connectivity index (χ4v) is 3.43. The Morgan fingerprint density at radius 3 is 2.26 bits per heavy atom. The second kappa shape index (κ2) is 9.58. The van der Waals surface area contributed by atoms with Crippen molar-refractivity contribution in [2.24, 2.45) is 5.10 Å². The molecule has 0 bridgehead atoms. The molecule has 0 atom stereocenters. The number of esters is 2. The predicted molar refractivity (Wildman–Crippen MR) is 126 cm³/mol. The van der Waals surface area contributed by atoms with Crippen molar-refractivity contribution in [3.05, 3.63) is 83.1 Å². The summed E-state index contributed by atoms with van der Waals surface area (Å²) in [5, 5.41) is 5.63. The molecule has 0 N–H and O–H groups in total. The molecular weight excluding hydrogens is 436 g/mol. The van der Waals surface area contributed by atoms with Gasteiger partial charge in [-0.3, -0.25) is 4.79 Å². The standard InChI is InChI=1S/C26H22N2O6/c1-4-33-26(31)19-7-5-17(6-8-19)23-14-13-21(34-23)15-22-16(2)27-28(24(22)29)20-11-9-18(10-12-20)25(30)32-3/h5-15H,4H2,1-3H3. The van der Waals surface area contributed by atoms with Gasteiger partial charge in [0.1, 0.15) is 11.5 Å². The van der Waals surface area contributed by atoms with Crippen LogP contribution in [0.15, 0.2) is 75.8 Å². The van der Waals surface area contributed by atoms with Crippen LogP contribution in [0.5, 0.6) is 0 Å². The Balaban J connectivity index is 1.52. The van der Waals surface area contributed by atoms with E-state index < -0.39 is 5.97 Å². The van der Waals surface area contributed by atoms with Gasteiger partial charge in [0, 0.05) is 5.56 Å². The van der Waals surface area contributed by atoms with Crippen LogP contribution in [0.2, 0.25) is 0 Å². The lowest BCUT2D eigenvalue weighted by Crippen LogP contribution is -2.21. The molecule has 0 aliphatic carbocycles. The second-order valence-corrected chi connectivity index (χ2v) is 7.40. The van der Waals surface area contributed by atoms with E-state index in [9.17, 15) is 14.4 Å². The number of hydrogen-bond acceptors (Lipinski definition) is 7. The molecule has 2 heterocycles. The highest BCUT2D eigenvalue weighted by Gasteiger charge is 2.29. The number of furan rings is 1. The molecule has 0 unspecified atom stereocenters. The maximum Gasteiger partial charge on any atom is 0.338 e. The average molecular weight is 458 g/mol. The first-order valence-electron chi connectivity index (χ1n) is 10.6. The third-order valence-electron chi connectivity index (χ3n) is 5.19. The van der Waals surface area contributed by atoms with E-state index in [-0.39, 0.29) is 11.9 Å². The van der Waals surface area contributed by atoms with Gasteiger partial charge in [-0.1, -0.05) is 12.1 Å². The summed E-state index contributed by atoms with van der Waals surface area (Å²) in [6.45, 7) is 3.81. The normalized spacial score (nSPS) is 14.3. The minimum absolute atomic E-state index is 0.306. The molecule has 0 saturated heterocycles. The van der Waals surface area contributed by atoms with Crippen LogP contribution in [0.25, 0.3) is 17.4 Å². The number of ether oxygens (including phenoxy) is 2. The summed E-state index contributed by atoms with van der Waals surface area (Å²) in [6.07, 6.45) is 1.64. The van der Waals surface area contributed by atoms with Gasteiger partial charge >= 0.3 is 11.9 Å². The zero-order chi connectivity index (χ0) is 24.2. The fourth-order valence-electron chi connectivity index (χ4n) is 3.43. The highest BCUT2D eigenvalue weighted by molar-refractivity contribution is 6.32. The molecule has 0 saturated carbocycles. The highest BCUT2D eigenvalue weighted by atomic mass is 16.5. The molecule has 172 valence electrons. The predicted octanol–water partition coefficient (Wildman–Crippen LogP) is 4.72. The second-order valence-electron chi connectivity index (χ2n) is 7.40. The SMILES string of the molecule is CCOC(=O)c1ccc(-c2ccc(C=C3C(=O)N(c4ccc(C(=O)OC)cc4)N=C3C)o2)cc1. The molecule has 34 heavy (non-hydrogen) atoms. The quantitative estimate of drug-likeness (QED) is 0.392. The summed E-state index contributed by atoms with van der Waals surface area (Å²) >= 11 is 0. The highest BCUT2D eigenvalue weighted by Crippen LogP contribution is 2.28. The Kier molecular flexibility index (Phi) is 6.40. The zero-order valence-corrected chi connectivity index (χ0v) is 18.9. The van der Waals surface area contributed by atoms with Gasteiger partial charge in [-0.15, -0.1) is 0 Å². The van der Waals surface area contributed by atoms with E-state index in [1.54, 1.807) is 80.6 Å². The van der Waals surface area contributed by atoms with Gasteiger partial charge in [-0.25, -0.2) is 9.59 Å². The van der Waals surface area contributed by atoms with Crippen molar-refractivity contribution in [3.63, 3.8) is 0 Å². The van der Waals surface area contributed by atoms with Crippen molar-refractivity contribution in [2.75, 3.05) is 18.7 Å². The minimum Gasteiger partial charge on any atom is -0.465 e. The third-order valence-corrected chi connectivity index (χ3v) is 5.19. The first-order valence-corrected chi connectivity index (χ1v) is 10.6. The lowest BCUT2D eigenvalue weighted by Gasteiger charge is -2.12. The maximum absolute atomic E-state index is 13.0. The molecule has 8 heteroatoms. The number of hydrazone groups is 1. The molecule has 1 aromatic heterocycles. The smallest absolute Gasteiger partial charge is 0.338 e. The molecule has 8 nitrogen and oxygen atoms in total. The number of rotatable bonds is 6. The summed E-state index contributed by atoms with van der Waals surface area (Å²) in [6, 6.07) is 16.9.